The minimum atomic E-state index is -0.755. The van der Waals surface area contributed by atoms with E-state index in [0.717, 1.165) is 11.6 Å². The highest BCUT2D eigenvalue weighted by molar-refractivity contribution is 5.85. The van der Waals surface area contributed by atoms with Gasteiger partial charge in [-0.3, -0.25) is 9.36 Å². The van der Waals surface area contributed by atoms with Crippen LogP contribution in [0.4, 0.5) is 5.82 Å². The number of anilines is 1. The number of hydrogen-bond donors (Lipinski definition) is 1. The van der Waals surface area contributed by atoms with Crippen molar-refractivity contribution in [3.63, 3.8) is 0 Å². The molecule has 1 saturated heterocycles. The average molecular weight is 318 g/mol. The molecule has 1 aliphatic heterocycles. The van der Waals surface area contributed by atoms with Crippen molar-refractivity contribution < 1.29 is 9.90 Å². The highest BCUT2D eigenvalue weighted by Gasteiger charge is 2.33. The third-order valence-electron chi connectivity index (χ3n) is 2.96. The first-order chi connectivity index (χ1) is 8.74. The SMILES string of the molecule is Cl.Cl.O=C(O)C1CN(c2cc(-n3ccnc3)ncn2)C1. The van der Waals surface area contributed by atoms with Crippen LogP contribution in [0.1, 0.15) is 0 Å². The molecule has 1 aliphatic rings. The van der Waals surface area contributed by atoms with Gasteiger partial charge in [-0.1, -0.05) is 0 Å². The number of aliphatic carboxylic acids is 1. The Balaban J connectivity index is 0.000001000. The van der Waals surface area contributed by atoms with Crippen LogP contribution in [0.5, 0.6) is 0 Å². The maximum absolute atomic E-state index is 10.7. The van der Waals surface area contributed by atoms with Gasteiger partial charge < -0.3 is 10.0 Å². The Morgan fingerprint density at radius 2 is 1.95 bits per heavy atom. The smallest absolute Gasteiger partial charge is 0.310 e. The molecule has 7 nitrogen and oxygen atoms in total. The maximum Gasteiger partial charge on any atom is 0.310 e. The number of carbonyl (C=O) groups is 1. The van der Waals surface area contributed by atoms with Gasteiger partial charge in [-0.15, -0.1) is 24.8 Å². The largest absolute Gasteiger partial charge is 0.481 e. The summed E-state index contributed by atoms with van der Waals surface area (Å²) in [4.78, 5) is 24.9. The van der Waals surface area contributed by atoms with Gasteiger partial charge in [0.15, 0.2) is 0 Å². The van der Waals surface area contributed by atoms with Gasteiger partial charge >= 0.3 is 5.97 Å². The summed E-state index contributed by atoms with van der Waals surface area (Å²) >= 11 is 0. The number of carboxylic acids is 1. The van der Waals surface area contributed by atoms with Crippen LogP contribution in [0, 0.1) is 5.92 Å². The Bertz CT molecular complexity index is 572. The van der Waals surface area contributed by atoms with Crippen molar-refractivity contribution in [1.82, 2.24) is 19.5 Å². The van der Waals surface area contributed by atoms with E-state index in [4.69, 9.17) is 5.11 Å². The van der Waals surface area contributed by atoms with E-state index in [1.165, 1.54) is 6.33 Å². The van der Waals surface area contributed by atoms with Crippen molar-refractivity contribution in [2.24, 2.45) is 5.92 Å². The van der Waals surface area contributed by atoms with Gasteiger partial charge in [0.2, 0.25) is 0 Å². The third kappa shape index (κ3) is 3.00. The first-order valence-electron chi connectivity index (χ1n) is 5.52. The number of aromatic nitrogens is 4. The van der Waals surface area contributed by atoms with Gasteiger partial charge in [-0.05, 0) is 0 Å². The molecular formula is C11H13Cl2N5O2. The molecule has 0 bridgehead atoms. The number of halogens is 2. The van der Waals surface area contributed by atoms with Crippen molar-refractivity contribution >= 4 is 36.6 Å². The van der Waals surface area contributed by atoms with Gasteiger partial charge in [0, 0.05) is 31.5 Å². The Kier molecular flexibility index (Phi) is 5.29. The number of imidazole rings is 1. The summed E-state index contributed by atoms with van der Waals surface area (Å²) in [5, 5.41) is 8.83. The summed E-state index contributed by atoms with van der Waals surface area (Å²) in [6.45, 7) is 0.991. The standard InChI is InChI=1S/C11H11N5O2.2ClH/c17-11(18)8-4-16(5-8)10-3-9(13-6-14-10)15-2-1-12-7-15;;/h1-3,6-8H,4-5H2,(H,17,18);2*1H. The predicted molar refractivity (Wildman–Crippen MR) is 77.0 cm³/mol. The average Bonchev–Trinajstić information content (AvgIpc) is 2.80. The first kappa shape index (κ1) is 16.2. The molecule has 1 N–H and O–H groups in total. The molecule has 0 spiro atoms. The minimum Gasteiger partial charge on any atom is -0.481 e. The number of carboxylic acid groups (broad SMARTS) is 1. The molecule has 0 aromatic carbocycles. The molecule has 0 unspecified atom stereocenters. The second kappa shape index (κ2) is 6.53. The van der Waals surface area contributed by atoms with Gasteiger partial charge in [-0.2, -0.15) is 0 Å². The van der Waals surface area contributed by atoms with E-state index < -0.39 is 5.97 Å². The molecule has 9 heteroatoms. The maximum atomic E-state index is 10.7. The molecule has 0 aliphatic carbocycles. The van der Waals surface area contributed by atoms with Crippen LogP contribution in [-0.2, 0) is 4.79 Å². The van der Waals surface area contributed by atoms with Crippen LogP contribution in [0.3, 0.4) is 0 Å². The lowest BCUT2D eigenvalue weighted by Crippen LogP contribution is -2.50. The van der Waals surface area contributed by atoms with Gasteiger partial charge in [0.05, 0.1) is 5.92 Å². The van der Waals surface area contributed by atoms with Gasteiger partial charge in [0.25, 0.3) is 0 Å². The fraction of sp³-hybridized carbons (Fsp3) is 0.273. The fourth-order valence-corrected chi connectivity index (χ4v) is 1.87. The second-order valence-electron chi connectivity index (χ2n) is 4.14. The lowest BCUT2D eigenvalue weighted by Gasteiger charge is -2.37. The zero-order valence-corrected chi connectivity index (χ0v) is 11.9. The number of nitrogens with zero attached hydrogens (tertiary/aromatic N) is 5. The number of rotatable bonds is 3. The fourth-order valence-electron chi connectivity index (χ4n) is 1.87. The summed E-state index contributed by atoms with van der Waals surface area (Å²) in [6, 6.07) is 1.82. The highest BCUT2D eigenvalue weighted by Crippen LogP contribution is 2.23. The highest BCUT2D eigenvalue weighted by atomic mass is 35.5. The minimum absolute atomic E-state index is 0. The number of hydrogen-bond acceptors (Lipinski definition) is 5. The Morgan fingerprint density at radius 1 is 1.25 bits per heavy atom. The molecule has 3 heterocycles. The van der Waals surface area contributed by atoms with Crippen LogP contribution in [-0.4, -0.2) is 43.7 Å². The lowest BCUT2D eigenvalue weighted by atomic mass is 10.0. The zero-order valence-electron chi connectivity index (χ0n) is 10.3. The molecule has 2 aromatic heterocycles. The van der Waals surface area contributed by atoms with Crippen LogP contribution in [0.25, 0.3) is 5.82 Å². The molecule has 0 radical (unpaired) electrons. The molecule has 3 rings (SSSR count). The topological polar surface area (TPSA) is 84.1 Å². The normalized spacial score (nSPS) is 13.9. The van der Waals surface area contributed by atoms with Crippen molar-refractivity contribution in [1.29, 1.82) is 0 Å². The lowest BCUT2D eigenvalue weighted by molar-refractivity contribution is -0.142. The molecule has 0 saturated carbocycles. The van der Waals surface area contributed by atoms with E-state index in [-0.39, 0.29) is 30.7 Å². The molecule has 108 valence electrons. The molecule has 2 aromatic rings. The molecule has 0 atom stereocenters. The van der Waals surface area contributed by atoms with E-state index in [9.17, 15) is 4.79 Å². The van der Waals surface area contributed by atoms with Gasteiger partial charge in [-0.25, -0.2) is 15.0 Å². The molecule has 1 fully saturated rings. The summed E-state index contributed by atoms with van der Waals surface area (Å²) in [6.07, 6.45) is 6.59. The van der Waals surface area contributed by atoms with Crippen LogP contribution in [0.15, 0.2) is 31.1 Å². The van der Waals surface area contributed by atoms with Crippen molar-refractivity contribution in [2.45, 2.75) is 0 Å². The van der Waals surface area contributed by atoms with Crippen LogP contribution < -0.4 is 4.90 Å². The van der Waals surface area contributed by atoms with E-state index in [1.54, 1.807) is 23.3 Å². The van der Waals surface area contributed by atoms with E-state index in [2.05, 4.69) is 15.0 Å². The summed E-state index contributed by atoms with van der Waals surface area (Å²) in [5.74, 6) is 0.411. The van der Waals surface area contributed by atoms with Crippen molar-refractivity contribution in [3.8, 4) is 5.82 Å². The summed E-state index contributed by atoms with van der Waals surface area (Å²) in [5.41, 5.74) is 0. The van der Waals surface area contributed by atoms with Crippen LogP contribution in [0.2, 0.25) is 0 Å². The Hall–Kier alpha value is -1.86. The molecule has 20 heavy (non-hydrogen) atoms. The Labute approximate surface area is 127 Å². The predicted octanol–water partition coefficient (Wildman–Crippen LogP) is 1.03. The monoisotopic (exact) mass is 317 g/mol. The van der Waals surface area contributed by atoms with Crippen molar-refractivity contribution in [2.75, 3.05) is 18.0 Å². The van der Waals surface area contributed by atoms with E-state index >= 15 is 0 Å². The van der Waals surface area contributed by atoms with E-state index in [1.807, 2.05) is 11.0 Å². The molecular weight excluding hydrogens is 305 g/mol. The summed E-state index contributed by atoms with van der Waals surface area (Å²) in [7, 11) is 0. The Morgan fingerprint density at radius 3 is 2.55 bits per heavy atom. The summed E-state index contributed by atoms with van der Waals surface area (Å²) < 4.78 is 1.78. The van der Waals surface area contributed by atoms with Crippen molar-refractivity contribution in [3.05, 3.63) is 31.1 Å². The quantitative estimate of drug-likeness (QED) is 0.910. The zero-order chi connectivity index (χ0) is 12.5. The first-order valence-corrected chi connectivity index (χ1v) is 5.52. The molecule has 0 amide bonds. The van der Waals surface area contributed by atoms with E-state index in [0.29, 0.717) is 13.1 Å². The van der Waals surface area contributed by atoms with Crippen LogP contribution >= 0.6 is 24.8 Å². The second-order valence-corrected chi connectivity index (χ2v) is 4.14. The van der Waals surface area contributed by atoms with Gasteiger partial charge in [0.1, 0.15) is 24.3 Å². The third-order valence-corrected chi connectivity index (χ3v) is 2.96.